The smallest absolute Gasteiger partial charge is 0.254 e. The van der Waals surface area contributed by atoms with E-state index in [0.717, 1.165) is 0 Å². The largest absolute Gasteiger partial charge is 0.272 e. The molecule has 1 rings (SSSR count). The van der Waals surface area contributed by atoms with E-state index in [4.69, 9.17) is 28.5 Å². The quantitative estimate of drug-likeness (QED) is 0.666. The molecule has 0 aliphatic rings. The number of amides is 1. The monoisotopic (exact) mass is 255 g/mol. The Balaban J connectivity index is 2.63. The highest BCUT2D eigenvalue weighted by Gasteiger charge is 1.99. The average Bonchev–Trinajstić information content (AvgIpc) is 2.22. The number of nitrogens with one attached hydrogen (secondary N) is 1. The van der Waals surface area contributed by atoms with Crippen LogP contribution in [-0.4, -0.2) is 12.1 Å². The van der Waals surface area contributed by atoms with E-state index in [1.807, 2.05) is 0 Å². The summed E-state index contributed by atoms with van der Waals surface area (Å²) in [6, 6.07) is 6.61. The second kappa shape index (κ2) is 6.11. The zero-order chi connectivity index (χ0) is 12.0. The first-order valence-corrected chi connectivity index (χ1v) is 5.03. The van der Waals surface area contributed by atoms with Crippen molar-refractivity contribution in [2.45, 2.75) is 6.42 Å². The fraction of sp³-hybridized carbons (Fsp3) is 0.100. The first kappa shape index (κ1) is 12.5. The van der Waals surface area contributed by atoms with E-state index < -0.39 is 5.91 Å². The molecule has 0 unspecified atom stereocenters. The number of nitriles is 1. The van der Waals surface area contributed by atoms with Gasteiger partial charge in [0.25, 0.3) is 5.91 Å². The summed E-state index contributed by atoms with van der Waals surface area (Å²) in [5, 5.41) is 12.8. The number of hydrogen-bond acceptors (Lipinski definition) is 3. The van der Waals surface area contributed by atoms with Crippen LogP contribution in [0.4, 0.5) is 0 Å². The van der Waals surface area contributed by atoms with Crippen LogP contribution in [0.1, 0.15) is 12.0 Å². The van der Waals surface area contributed by atoms with Gasteiger partial charge in [0, 0.05) is 10.6 Å². The molecular weight excluding hydrogens is 249 g/mol. The van der Waals surface area contributed by atoms with Crippen molar-refractivity contribution < 1.29 is 4.79 Å². The molecule has 16 heavy (non-hydrogen) atoms. The third kappa shape index (κ3) is 3.89. The number of rotatable bonds is 3. The van der Waals surface area contributed by atoms with Crippen molar-refractivity contribution in [1.29, 1.82) is 5.26 Å². The van der Waals surface area contributed by atoms with Crippen LogP contribution >= 0.6 is 23.2 Å². The van der Waals surface area contributed by atoms with Gasteiger partial charge in [-0.25, -0.2) is 5.43 Å². The Labute approximate surface area is 102 Å². The van der Waals surface area contributed by atoms with Crippen LogP contribution in [0, 0.1) is 11.3 Å². The van der Waals surface area contributed by atoms with Gasteiger partial charge in [0.15, 0.2) is 0 Å². The molecule has 4 nitrogen and oxygen atoms in total. The van der Waals surface area contributed by atoms with Crippen LogP contribution in [0.2, 0.25) is 10.0 Å². The Kier molecular flexibility index (Phi) is 4.77. The molecule has 1 N–H and O–H groups in total. The summed E-state index contributed by atoms with van der Waals surface area (Å²) in [7, 11) is 0. The van der Waals surface area contributed by atoms with Crippen LogP contribution in [0.15, 0.2) is 23.3 Å². The summed E-state index contributed by atoms with van der Waals surface area (Å²) in [4.78, 5) is 10.9. The predicted octanol–water partition coefficient (Wildman–Crippen LogP) is 2.36. The van der Waals surface area contributed by atoms with Crippen molar-refractivity contribution in [3.63, 3.8) is 0 Å². The van der Waals surface area contributed by atoms with E-state index in [1.54, 1.807) is 24.3 Å². The number of halogens is 2. The van der Waals surface area contributed by atoms with Gasteiger partial charge < -0.3 is 0 Å². The van der Waals surface area contributed by atoms with Crippen molar-refractivity contribution in [2.24, 2.45) is 5.10 Å². The summed E-state index contributed by atoms with van der Waals surface area (Å²) in [6.45, 7) is 0. The number of benzene rings is 1. The molecule has 0 atom stereocenters. The van der Waals surface area contributed by atoms with E-state index >= 15 is 0 Å². The third-order valence-electron chi connectivity index (χ3n) is 1.59. The van der Waals surface area contributed by atoms with Gasteiger partial charge in [-0.1, -0.05) is 29.3 Å². The van der Waals surface area contributed by atoms with E-state index in [9.17, 15) is 4.79 Å². The topological polar surface area (TPSA) is 65.2 Å². The molecule has 0 aliphatic carbocycles. The maximum atomic E-state index is 10.9. The summed E-state index contributed by atoms with van der Waals surface area (Å²) >= 11 is 11.6. The van der Waals surface area contributed by atoms with Gasteiger partial charge in [-0.3, -0.25) is 4.79 Å². The summed E-state index contributed by atoms with van der Waals surface area (Å²) in [5.74, 6) is -0.469. The maximum Gasteiger partial charge on any atom is 0.254 e. The van der Waals surface area contributed by atoms with Crippen molar-refractivity contribution in [3.05, 3.63) is 33.8 Å². The molecule has 0 bridgehead atoms. The molecule has 82 valence electrons. The van der Waals surface area contributed by atoms with Gasteiger partial charge in [-0.2, -0.15) is 10.4 Å². The minimum absolute atomic E-state index is 0.230. The number of nitrogens with zero attached hydrogens (tertiary/aromatic N) is 2. The van der Waals surface area contributed by atoms with Crippen LogP contribution in [0.5, 0.6) is 0 Å². The minimum atomic E-state index is -0.469. The molecule has 0 spiro atoms. The van der Waals surface area contributed by atoms with Crippen molar-refractivity contribution in [1.82, 2.24) is 5.43 Å². The molecule has 1 aromatic carbocycles. The molecule has 0 saturated carbocycles. The fourth-order valence-corrected chi connectivity index (χ4v) is 1.35. The molecule has 1 amide bonds. The molecule has 0 aliphatic heterocycles. The second-order valence-corrected chi connectivity index (χ2v) is 3.64. The van der Waals surface area contributed by atoms with Crippen molar-refractivity contribution >= 4 is 35.3 Å². The molecule has 6 heteroatoms. The van der Waals surface area contributed by atoms with Gasteiger partial charge >= 0.3 is 0 Å². The highest BCUT2D eigenvalue weighted by atomic mass is 35.5. The van der Waals surface area contributed by atoms with E-state index in [-0.39, 0.29) is 6.42 Å². The first-order valence-electron chi connectivity index (χ1n) is 4.27. The lowest BCUT2D eigenvalue weighted by Gasteiger charge is -1.98. The van der Waals surface area contributed by atoms with Gasteiger partial charge in [-0.05, 0) is 12.1 Å². The lowest BCUT2D eigenvalue weighted by molar-refractivity contribution is -0.120. The Morgan fingerprint density at radius 2 is 2.31 bits per heavy atom. The average molecular weight is 256 g/mol. The molecule has 0 heterocycles. The molecule has 0 aromatic heterocycles. The fourth-order valence-electron chi connectivity index (χ4n) is 0.891. The Morgan fingerprint density at radius 3 is 2.94 bits per heavy atom. The van der Waals surface area contributed by atoms with Gasteiger partial charge in [-0.15, -0.1) is 0 Å². The molecule has 0 saturated heterocycles. The van der Waals surface area contributed by atoms with E-state index in [2.05, 4.69) is 10.5 Å². The molecular formula is C10H7Cl2N3O. The zero-order valence-corrected chi connectivity index (χ0v) is 9.59. The lowest BCUT2D eigenvalue weighted by Crippen LogP contribution is -2.16. The van der Waals surface area contributed by atoms with Crippen molar-refractivity contribution in [2.75, 3.05) is 0 Å². The van der Waals surface area contributed by atoms with E-state index in [1.165, 1.54) is 6.21 Å². The van der Waals surface area contributed by atoms with E-state index in [0.29, 0.717) is 15.6 Å². The summed E-state index contributed by atoms with van der Waals surface area (Å²) in [6.07, 6.45) is 1.15. The van der Waals surface area contributed by atoms with Gasteiger partial charge in [0.2, 0.25) is 0 Å². The highest BCUT2D eigenvalue weighted by molar-refractivity contribution is 6.36. The predicted molar refractivity (Wildman–Crippen MR) is 62.4 cm³/mol. The number of carbonyl (C=O) groups is 1. The van der Waals surface area contributed by atoms with Crippen LogP contribution in [0.3, 0.4) is 0 Å². The zero-order valence-electron chi connectivity index (χ0n) is 8.08. The first-order chi connectivity index (χ1) is 7.63. The number of hydrogen-bond donors (Lipinski definition) is 1. The van der Waals surface area contributed by atoms with Crippen LogP contribution in [0.25, 0.3) is 0 Å². The SMILES string of the molecule is N#CCC(=O)N/N=C/c1ccc(Cl)cc1Cl. The summed E-state index contributed by atoms with van der Waals surface area (Å²) in [5.41, 5.74) is 2.82. The number of carbonyl (C=O) groups excluding carboxylic acids is 1. The highest BCUT2D eigenvalue weighted by Crippen LogP contribution is 2.19. The molecule has 0 fully saturated rings. The van der Waals surface area contributed by atoms with Crippen LogP contribution in [-0.2, 0) is 4.79 Å². The standard InChI is InChI=1S/C10H7Cl2N3O/c11-8-2-1-7(9(12)5-8)6-14-15-10(16)3-4-13/h1-2,5-6H,3H2,(H,15,16)/b14-6+. The molecule has 0 radical (unpaired) electrons. The van der Waals surface area contributed by atoms with Crippen LogP contribution < -0.4 is 5.43 Å². The maximum absolute atomic E-state index is 10.9. The minimum Gasteiger partial charge on any atom is -0.272 e. The second-order valence-electron chi connectivity index (χ2n) is 2.79. The lowest BCUT2D eigenvalue weighted by atomic mass is 10.2. The Morgan fingerprint density at radius 1 is 1.56 bits per heavy atom. The Hall–Kier alpha value is -1.57. The number of hydrazone groups is 1. The van der Waals surface area contributed by atoms with Gasteiger partial charge in [0.05, 0.1) is 17.3 Å². The van der Waals surface area contributed by atoms with Gasteiger partial charge in [0.1, 0.15) is 6.42 Å². The normalized spacial score (nSPS) is 10.1. The summed E-state index contributed by atoms with van der Waals surface area (Å²) < 4.78 is 0. The molecule has 1 aromatic rings. The third-order valence-corrected chi connectivity index (χ3v) is 2.16. The Bertz CT molecular complexity index is 466. The van der Waals surface area contributed by atoms with Crippen molar-refractivity contribution in [3.8, 4) is 6.07 Å².